The number of hydrogen-bond acceptors (Lipinski definition) is 4. The zero-order valence-electron chi connectivity index (χ0n) is 16.3. The molecule has 0 aliphatic carbocycles. The van der Waals surface area contributed by atoms with Crippen molar-refractivity contribution in [1.82, 2.24) is 14.5 Å². The Morgan fingerprint density at radius 2 is 1.90 bits per heavy atom. The Bertz CT molecular complexity index is 1310. The van der Waals surface area contributed by atoms with Crippen molar-refractivity contribution >= 4 is 28.5 Å². The van der Waals surface area contributed by atoms with Gasteiger partial charge in [0.2, 0.25) is 0 Å². The van der Waals surface area contributed by atoms with Crippen LogP contribution in [0.5, 0.6) is 0 Å². The molecule has 0 fully saturated rings. The van der Waals surface area contributed by atoms with Gasteiger partial charge in [0.25, 0.3) is 0 Å². The van der Waals surface area contributed by atoms with Gasteiger partial charge in [-0.25, -0.2) is 9.97 Å². The summed E-state index contributed by atoms with van der Waals surface area (Å²) in [4.78, 5) is 9.13. The van der Waals surface area contributed by atoms with Crippen LogP contribution in [0.2, 0.25) is 5.02 Å². The number of halogens is 1. The molecule has 0 saturated carbocycles. The van der Waals surface area contributed by atoms with Crippen molar-refractivity contribution in [3.8, 4) is 16.8 Å². The molecule has 0 saturated heterocycles. The first-order valence-corrected chi connectivity index (χ1v) is 10.0. The average Bonchev–Trinajstić information content (AvgIpc) is 3.43. The predicted molar refractivity (Wildman–Crippen MR) is 120 cm³/mol. The molecule has 0 unspecified atom stereocenters. The quantitative estimate of drug-likeness (QED) is 0.369. The molecule has 0 aliphatic rings. The first kappa shape index (κ1) is 18.5. The topological polar surface area (TPSA) is 55.9 Å². The fraction of sp³-hybridized carbons (Fsp3) is 0.0833. The average molecular weight is 415 g/mol. The van der Waals surface area contributed by atoms with Crippen LogP contribution in [0.1, 0.15) is 11.3 Å². The van der Waals surface area contributed by atoms with Crippen LogP contribution < -0.4 is 5.32 Å². The molecule has 1 N–H and O–H groups in total. The van der Waals surface area contributed by atoms with Crippen LogP contribution in [0.4, 0.5) is 5.82 Å². The molecule has 3 aromatic heterocycles. The highest BCUT2D eigenvalue weighted by Gasteiger charge is 2.17. The molecule has 0 amide bonds. The van der Waals surface area contributed by atoms with Crippen LogP contribution >= 0.6 is 11.6 Å². The van der Waals surface area contributed by atoms with Crippen LogP contribution in [0, 0.1) is 6.92 Å². The SMILES string of the molecule is Cc1ccc(-n2cc(-c3ccccc3)c3c(NCc4ccco4)ncnc32)cc1Cl. The Labute approximate surface area is 179 Å². The van der Waals surface area contributed by atoms with Gasteiger partial charge in [0.15, 0.2) is 5.65 Å². The van der Waals surface area contributed by atoms with Crippen molar-refractivity contribution in [2.45, 2.75) is 13.5 Å². The van der Waals surface area contributed by atoms with Crippen molar-refractivity contribution in [3.05, 3.63) is 95.8 Å². The highest BCUT2D eigenvalue weighted by Crippen LogP contribution is 2.36. The van der Waals surface area contributed by atoms with Crippen molar-refractivity contribution in [2.24, 2.45) is 0 Å². The van der Waals surface area contributed by atoms with E-state index in [0.717, 1.165) is 50.0 Å². The number of furan rings is 1. The maximum absolute atomic E-state index is 6.41. The summed E-state index contributed by atoms with van der Waals surface area (Å²) >= 11 is 6.41. The van der Waals surface area contributed by atoms with Gasteiger partial charge in [-0.2, -0.15) is 0 Å². The molecule has 5 nitrogen and oxygen atoms in total. The number of fused-ring (bicyclic) bond motifs is 1. The lowest BCUT2D eigenvalue weighted by atomic mass is 10.1. The fourth-order valence-corrected chi connectivity index (χ4v) is 3.72. The number of aromatic nitrogens is 3. The van der Waals surface area contributed by atoms with Gasteiger partial charge < -0.3 is 14.3 Å². The Morgan fingerprint density at radius 3 is 2.67 bits per heavy atom. The summed E-state index contributed by atoms with van der Waals surface area (Å²) in [5.74, 6) is 1.60. The minimum Gasteiger partial charge on any atom is -0.467 e. The van der Waals surface area contributed by atoms with Gasteiger partial charge in [-0.15, -0.1) is 0 Å². The van der Waals surface area contributed by atoms with Crippen molar-refractivity contribution in [3.63, 3.8) is 0 Å². The van der Waals surface area contributed by atoms with Gasteiger partial charge >= 0.3 is 0 Å². The van der Waals surface area contributed by atoms with Gasteiger partial charge in [0, 0.05) is 22.5 Å². The van der Waals surface area contributed by atoms with E-state index in [9.17, 15) is 0 Å². The van der Waals surface area contributed by atoms with Crippen LogP contribution in [0.15, 0.2) is 83.9 Å². The number of rotatable bonds is 5. The molecule has 6 heteroatoms. The molecule has 5 aromatic rings. The molecule has 5 rings (SSSR count). The first-order valence-electron chi connectivity index (χ1n) is 9.65. The predicted octanol–water partition coefficient (Wildman–Crippen LogP) is 6.25. The highest BCUT2D eigenvalue weighted by molar-refractivity contribution is 6.31. The van der Waals surface area contributed by atoms with Crippen LogP contribution in [-0.2, 0) is 6.54 Å². The smallest absolute Gasteiger partial charge is 0.150 e. The van der Waals surface area contributed by atoms with Crippen molar-refractivity contribution in [2.75, 3.05) is 5.32 Å². The molecule has 148 valence electrons. The summed E-state index contributed by atoms with van der Waals surface area (Å²) in [6.45, 7) is 2.53. The standard InChI is InChI=1S/C24H19ClN4O/c1-16-9-10-18(12-21(16)25)29-14-20(17-6-3-2-4-7-17)22-23(27-15-28-24(22)29)26-13-19-8-5-11-30-19/h2-12,14-15H,13H2,1H3,(H,26,27,28). The van der Waals surface area contributed by atoms with E-state index in [0.29, 0.717) is 6.54 Å². The molecule has 0 aliphatic heterocycles. The zero-order chi connectivity index (χ0) is 20.5. The van der Waals surface area contributed by atoms with Crippen molar-refractivity contribution < 1.29 is 4.42 Å². The lowest BCUT2D eigenvalue weighted by Gasteiger charge is -2.08. The maximum atomic E-state index is 6.41. The van der Waals surface area contributed by atoms with E-state index in [1.54, 1.807) is 12.6 Å². The van der Waals surface area contributed by atoms with Crippen LogP contribution in [0.3, 0.4) is 0 Å². The van der Waals surface area contributed by atoms with Crippen molar-refractivity contribution in [1.29, 1.82) is 0 Å². The van der Waals surface area contributed by atoms with E-state index < -0.39 is 0 Å². The monoisotopic (exact) mass is 414 g/mol. The third-order valence-corrected chi connectivity index (χ3v) is 5.52. The summed E-state index contributed by atoms with van der Waals surface area (Å²) in [6.07, 6.45) is 5.33. The van der Waals surface area contributed by atoms with Gasteiger partial charge in [-0.3, -0.25) is 0 Å². The highest BCUT2D eigenvalue weighted by atomic mass is 35.5. The maximum Gasteiger partial charge on any atom is 0.150 e. The summed E-state index contributed by atoms with van der Waals surface area (Å²) in [6, 6.07) is 20.1. The number of nitrogens with one attached hydrogen (secondary N) is 1. The Kier molecular flexibility index (Phi) is 4.73. The molecular formula is C24H19ClN4O. The van der Waals surface area contributed by atoms with E-state index in [1.807, 2.05) is 55.5 Å². The molecule has 30 heavy (non-hydrogen) atoms. The molecule has 0 radical (unpaired) electrons. The molecule has 3 heterocycles. The Morgan fingerprint density at radius 1 is 1.03 bits per heavy atom. The Hall–Kier alpha value is -3.57. The molecule has 2 aromatic carbocycles. The lowest BCUT2D eigenvalue weighted by Crippen LogP contribution is -2.02. The Balaban J connectivity index is 1.70. The van der Waals surface area contributed by atoms with E-state index >= 15 is 0 Å². The number of hydrogen-bond donors (Lipinski definition) is 1. The lowest BCUT2D eigenvalue weighted by molar-refractivity contribution is 0.518. The molecule has 0 bridgehead atoms. The minimum atomic E-state index is 0.537. The number of nitrogens with zero attached hydrogens (tertiary/aromatic N) is 3. The fourth-order valence-electron chi connectivity index (χ4n) is 3.54. The zero-order valence-corrected chi connectivity index (χ0v) is 17.1. The molecule has 0 spiro atoms. The minimum absolute atomic E-state index is 0.537. The van der Waals surface area contributed by atoms with E-state index in [-0.39, 0.29) is 0 Å². The normalized spacial score (nSPS) is 11.1. The third-order valence-electron chi connectivity index (χ3n) is 5.11. The summed E-state index contributed by atoms with van der Waals surface area (Å²) in [7, 11) is 0. The molecular weight excluding hydrogens is 396 g/mol. The van der Waals surface area contributed by atoms with Crippen LogP contribution in [-0.4, -0.2) is 14.5 Å². The first-order chi connectivity index (χ1) is 14.7. The van der Waals surface area contributed by atoms with Gasteiger partial charge in [0.1, 0.15) is 17.9 Å². The van der Waals surface area contributed by atoms with E-state index in [2.05, 4.69) is 38.2 Å². The second-order valence-electron chi connectivity index (χ2n) is 7.07. The second-order valence-corrected chi connectivity index (χ2v) is 7.47. The summed E-state index contributed by atoms with van der Waals surface area (Å²) in [5, 5.41) is 5.08. The van der Waals surface area contributed by atoms with E-state index in [1.165, 1.54) is 0 Å². The van der Waals surface area contributed by atoms with Gasteiger partial charge in [-0.05, 0) is 42.3 Å². The van der Waals surface area contributed by atoms with Crippen LogP contribution in [0.25, 0.3) is 27.8 Å². The molecule has 0 atom stereocenters. The summed E-state index contributed by atoms with van der Waals surface area (Å²) in [5.41, 5.74) is 4.94. The summed E-state index contributed by atoms with van der Waals surface area (Å²) < 4.78 is 7.51. The largest absolute Gasteiger partial charge is 0.467 e. The third kappa shape index (κ3) is 3.33. The van der Waals surface area contributed by atoms with E-state index in [4.69, 9.17) is 16.0 Å². The number of aryl methyl sites for hydroxylation is 1. The second kappa shape index (κ2) is 7.69. The van der Waals surface area contributed by atoms with Gasteiger partial charge in [-0.1, -0.05) is 48.0 Å². The van der Waals surface area contributed by atoms with Gasteiger partial charge in [0.05, 0.1) is 18.2 Å². The number of benzene rings is 2. The number of anilines is 1.